The Labute approximate surface area is 277 Å². The lowest BCUT2D eigenvalue weighted by Crippen LogP contribution is -2.50. The molecule has 1 fully saturated rings. The van der Waals surface area contributed by atoms with Gasteiger partial charge in [0.15, 0.2) is 11.5 Å². The van der Waals surface area contributed by atoms with E-state index in [1.165, 1.54) is 7.11 Å². The van der Waals surface area contributed by atoms with E-state index in [1.807, 2.05) is 44.7 Å². The number of nitrogens with zero attached hydrogens (tertiary/aromatic N) is 3. The first-order valence-electron chi connectivity index (χ1n) is 14.5. The van der Waals surface area contributed by atoms with E-state index in [2.05, 4.69) is 9.44 Å². The van der Waals surface area contributed by atoms with Crippen LogP contribution < -0.4 is 14.3 Å². The van der Waals surface area contributed by atoms with Gasteiger partial charge in [-0.3, -0.25) is 4.72 Å². The minimum Gasteiger partial charge on any atom is -0.598 e. The molecule has 1 spiro atoms. The highest BCUT2D eigenvalue weighted by Gasteiger charge is 2.51. The Morgan fingerprint density at radius 2 is 1.84 bits per heavy atom. The number of nitrogens with one attached hydrogen (secondary N) is 2. The lowest BCUT2D eigenvalue weighted by atomic mass is 9.73. The molecule has 2 N–H and O–H groups in total. The van der Waals surface area contributed by atoms with Gasteiger partial charge in [0.1, 0.15) is 4.75 Å². The number of carbonyl (C=O) groups is 1. The zero-order valence-corrected chi connectivity index (χ0v) is 29.2. The molecule has 3 aromatic rings. The van der Waals surface area contributed by atoms with Crippen molar-refractivity contribution < 1.29 is 22.5 Å². The average Bonchev–Trinajstić information content (AvgIpc) is 3.24. The van der Waals surface area contributed by atoms with E-state index in [0.717, 1.165) is 23.8 Å². The Hall–Kier alpha value is -2.61. The maximum absolute atomic E-state index is 13.4. The van der Waals surface area contributed by atoms with E-state index in [0.29, 0.717) is 64.4 Å². The summed E-state index contributed by atoms with van der Waals surface area (Å²) >= 11 is 11.4. The molecule has 0 amide bonds. The summed E-state index contributed by atoms with van der Waals surface area (Å²) in [6.07, 6.45) is 3.23. The van der Waals surface area contributed by atoms with Gasteiger partial charge in [-0.2, -0.15) is 0 Å². The van der Waals surface area contributed by atoms with Crippen LogP contribution in [0.5, 0.6) is 0 Å². The van der Waals surface area contributed by atoms with Gasteiger partial charge in [0, 0.05) is 41.1 Å². The Kier molecular flexibility index (Phi) is 9.40. The molecule has 45 heavy (non-hydrogen) atoms. The lowest BCUT2D eigenvalue weighted by molar-refractivity contribution is 0.0594. The summed E-state index contributed by atoms with van der Waals surface area (Å²) < 4.78 is 48.0. The Balaban J connectivity index is 1.48. The number of ether oxygens (including phenoxy) is 1. The normalized spacial score (nSPS) is 18.5. The molecule has 1 aliphatic carbocycles. The van der Waals surface area contributed by atoms with Crippen molar-refractivity contribution in [2.75, 3.05) is 36.1 Å². The van der Waals surface area contributed by atoms with Crippen molar-refractivity contribution in [3.8, 4) is 11.3 Å². The lowest BCUT2D eigenvalue weighted by Gasteiger charge is -2.44. The van der Waals surface area contributed by atoms with Crippen LogP contribution in [0.1, 0.15) is 67.0 Å². The predicted octanol–water partition coefficient (Wildman–Crippen LogP) is 5.85. The maximum atomic E-state index is 13.4. The van der Waals surface area contributed by atoms with Crippen molar-refractivity contribution in [1.82, 2.24) is 14.7 Å². The van der Waals surface area contributed by atoms with Crippen molar-refractivity contribution in [1.29, 1.82) is 0 Å². The van der Waals surface area contributed by atoms with E-state index in [9.17, 15) is 17.8 Å². The summed E-state index contributed by atoms with van der Waals surface area (Å²) in [5.41, 5.74) is 3.86. The van der Waals surface area contributed by atoms with Crippen LogP contribution in [0, 0.1) is 12.3 Å². The summed E-state index contributed by atoms with van der Waals surface area (Å²) in [5, 5.41) is 0.689. The van der Waals surface area contributed by atoms with Gasteiger partial charge in [-0.25, -0.2) is 23.2 Å². The van der Waals surface area contributed by atoms with Crippen molar-refractivity contribution in [2.24, 2.45) is 5.41 Å². The second kappa shape index (κ2) is 12.5. The highest BCUT2D eigenvalue weighted by molar-refractivity contribution is 7.92. The van der Waals surface area contributed by atoms with Crippen molar-refractivity contribution in [2.45, 2.75) is 57.7 Å². The number of hydrogen-bond acceptors (Lipinski definition) is 9. The quantitative estimate of drug-likeness (QED) is 0.231. The number of esters is 1. The van der Waals surface area contributed by atoms with Gasteiger partial charge >= 0.3 is 5.97 Å². The number of sulfonamides is 1. The number of benzene rings is 2. The van der Waals surface area contributed by atoms with Crippen LogP contribution in [-0.4, -0.2) is 60.1 Å². The highest BCUT2D eigenvalue weighted by Crippen LogP contribution is 2.53. The third-order valence-electron chi connectivity index (χ3n) is 8.39. The largest absolute Gasteiger partial charge is 0.598 e. The summed E-state index contributed by atoms with van der Waals surface area (Å²) in [5.74, 6) is -0.189. The number of anilines is 2. The van der Waals surface area contributed by atoms with Gasteiger partial charge in [0.2, 0.25) is 10.0 Å². The first-order valence-corrected chi connectivity index (χ1v) is 18.3. The number of carbonyl (C=O) groups excluding carboxylic acids is 1. The van der Waals surface area contributed by atoms with Crippen LogP contribution in [-0.2, 0) is 32.5 Å². The van der Waals surface area contributed by atoms with Crippen LogP contribution in [0.25, 0.3) is 11.3 Å². The molecule has 2 heterocycles. The van der Waals surface area contributed by atoms with Crippen LogP contribution in [0.2, 0.25) is 10.0 Å². The monoisotopic (exact) mass is 693 g/mol. The average molecular weight is 695 g/mol. The molecule has 14 heteroatoms. The van der Waals surface area contributed by atoms with Crippen LogP contribution in [0.15, 0.2) is 36.4 Å². The third-order valence-corrected chi connectivity index (χ3v) is 11.4. The van der Waals surface area contributed by atoms with Crippen LogP contribution in [0.3, 0.4) is 0 Å². The zero-order chi connectivity index (χ0) is 32.9. The molecule has 2 aromatic carbocycles. The molecular weight excluding hydrogens is 657 g/mol. The second-order valence-corrected chi connectivity index (χ2v) is 17.2. The van der Waals surface area contributed by atoms with Gasteiger partial charge in [-0.05, 0) is 76.3 Å². The highest BCUT2D eigenvalue weighted by atomic mass is 35.5. The molecule has 0 radical (unpaired) electrons. The molecular formula is C31H37Cl2N5O5S2. The predicted molar refractivity (Wildman–Crippen MR) is 180 cm³/mol. The minimum absolute atomic E-state index is 0.0832. The van der Waals surface area contributed by atoms with E-state index in [4.69, 9.17) is 37.9 Å². The van der Waals surface area contributed by atoms with Crippen LogP contribution in [0.4, 0.5) is 11.5 Å². The van der Waals surface area contributed by atoms with Gasteiger partial charge in [0.05, 0.1) is 40.8 Å². The molecule has 1 saturated heterocycles. The Morgan fingerprint density at radius 1 is 1.16 bits per heavy atom. The molecule has 2 atom stereocenters. The van der Waals surface area contributed by atoms with E-state index < -0.39 is 32.1 Å². The number of rotatable bonds is 7. The summed E-state index contributed by atoms with van der Waals surface area (Å²) in [6, 6.07) is 10.5. The molecule has 5 rings (SSSR count). The van der Waals surface area contributed by atoms with Crippen molar-refractivity contribution >= 4 is 62.1 Å². The van der Waals surface area contributed by atoms with E-state index >= 15 is 0 Å². The van der Waals surface area contributed by atoms with Crippen molar-refractivity contribution in [3.63, 3.8) is 0 Å². The number of methoxy groups -OCH3 is 1. The maximum Gasteiger partial charge on any atom is 0.360 e. The topological polar surface area (TPSA) is 137 Å². The summed E-state index contributed by atoms with van der Waals surface area (Å²) in [7, 11) is -2.17. The molecule has 1 aliphatic heterocycles. The fraction of sp³-hybridized carbons (Fsp3) is 0.452. The molecule has 1 aromatic heterocycles. The number of aryl methyl sites for hydroxylation is 1. The molecule has 0 saturated carbocycles. The first kappa shape index (κ1) is 33.7. The van der Waals surface area contributed by atoms with Gasteiger partial charge in [-0.1, -0.05) is 41.4 Å². The fourth-order valence-electron chi connectivity index (χ4n) is 6.12. The Morgan fingerprint density at radius 3 is 2.47 bits per heavy atom. The zero-order valence-electron chi connectivity index (χ0n) is 26.0. The number of halogens is 2. The Bertz CT molecular complexity index is 1740. The molecule has 242 valence electrons. The summed E-state index contributed by atoms with van der Waals surface area (Å²) in [4.78, 5) is 24.6. The minimum atomic E-state index is -3.47. The molecule has 0 unspecified atom stereocenters. The third kappa shape index (κ3) is 6.91. The SMILES string of the molecule is COC(=O)c1nc(-c2cccc(Cl)c2Cl)c(C)nc1N1CCC2(CC1)Cc1ccc(NS(C)(=O)=O)cc1[C@H]2N[S@+]([O-])C(C)(C)C. The smallest absolute Gasteiger partial charge is 0.360 e. The fourth-order valence-corrected chi connectivity index (χ4v) is 8.01. The summed E-state index contributed by atoms with van der Waals surface area (Å²) in [6.45, 7) is 8.67. The first-order chi connectivity index (χ1) is 21.0. The van der Waals surface area contributed by atoms with E-state index in [-0.39, 0.29) is 17.2 Å². The molecule has 0 bridgehead atoms. The van der Waals surface area contributed by atoms with Gasteiger partial charge in [-0.15, -0.1) is 4.72 Å². The van der Waals surface area contributed by atoms with Gasteiger partial charge in [0.25, 0.3) is 0 Å². The number of piperidine rings is 1. The molecule has 10 nitrogen and oxygen atoms in total. The number of hydrogen-bond donors (Lipinski definition) is 2. The number of aromatic nitrogens is 2. The standard InChI is InChI=1S/C31H37Cl2N5O5S2/c1-18-25(21-8-7-9-23(32)24(21)33)35-26(29(39)43-5)28(34-18)38-14-12-31(13-15-38)17-19-10-11-20(37-45(6,41)42)16-22(19)27(31)36-44(40)30(2,3)4/h7-11,16,27,36-37H,12-15,17H2,1-6H3/t27-,44-/m1/s1. The second-order valence-electron chi connectivity index (χ2n) is 12.7. The van der Waals surface area contributed by atoms with Crippen molar-refractivity contribution in [3.05, 3.63) is 69.0 Å². The molecule has 2 aliphatic rings. The van der Waals surface area contributed by atoms with E-state index in [1.54, 1.807) is 24.3 Å². The van der Waals surface area contributed by atoms with Crippen LogP contribution >= 0.6 is 23.2 Å². The van der Waals surface area contributed by atoms with Gasteiger partial charge < -0.3 is 14.2 Å². The number of fused-ring (bicyclic) bond motifs is 1.